The normalized spacial score (nSPS) is 13.7. The predicted octanol–water partition coefficient (Wildman–Crippen LogP) is 3.82. The summed E-state index contributed by atoms with van der Waals surface area (Å²) < 4.78 is 6.84. The fourth-order valence-corrected chi connectivity index (χ4v) is 4.49. The topological polar surface area (TPSA) is 67.7 Å². The van der Waals surface area contributed by atoms with Gasteiger partial charge in [-0.15, -0.1) is 0 Å². The molecule has 0 spiro atoms. The van der Waals surface area contributed by atoms with E-state index < -0.39 is 0 Å². The van der Waals surface area contributed by atoms with E-state index in [0.29, 0.717) is 62.0 Å². The minimum absolute atomic E-state index is 0.104. The van der Waals surface area contributed by atoms with Crippen molar-refractivity contribution in [2.75, 3.05) is 33.3 Å². The van der Waals surface area contributed by atoms with Gasteiger partial charge in [0, 0.05) is 32.6 Å². The number of hydrogen-bond donors (Lipinski definition) is 0. The van der Waals surface area contributed by atoms with Crippen LogP contribution in [0.15, 0.2) is 54.6 Å². The summed E-state index contributed by atoms with van der Waals surface area (Å²) in [7, 11) is 1.63. The Balaban J connectivity index is 1.32. The molecule has 1 aliphatic rings. The standard InChI is InChI=1S/C26H29ClN4O3/c1-19-24(25(27)31(28-19)18-21-6-4-3-5-7-21)26(33)30-16-14-29(15-17-30)23(32)13-10-20-8-11-22(34-2)12-9-20/h3-9,11-12H,10,13-18H2,1-2H3. The zero-order valence-corrected chi connectivity index (χ0v) is 20.3. The molecular weight excluding hydrogens is 452 g/mol. The summed E-state index contributed by atoms with van der Waals surface area (Å²) in [4.78, 5) is 29.5. The lowest BCUT2D eigenvalue weighted by Crippen LogP contribution is -2.50. The van der Waals surface area contributed by atoms with Crippen molar-refractivity contribution >= 4 is 23.4 Å². The Morgan fingerprint density at radius 3 is 2.24 bits per heavy atom. The number of aromatic nitrogens is 2. The van der Waals surface area contributed by atoms with Gasteiger partial charge in [0.05, 0.1) is 24.9 Å². The van der Waals surface area contributed by atoms with E-state index in [1.807, 2.05) is 59.5 Å². The largest absolute Gasteiger partial charge is 0.497 e. The molecule has 7 nitrogen and oxygen atoms in total. The summed E-state index contributed by atoms with van der Waals surface area (Å²) in [5.74, 6) is 0.775. The van der Waals surface area contributed by atoms with Gasteiger partial charge in [0.25, 0.3) is 5.91 Å². The molecule has 2 aromatic carbocycles. The van der Waals surface area contributed by atoms with Crippen molar-refractivity contribution in [1.29, 1.82) is 0 Å². The fraction of sp³-hybridized carbons (Fsp3) is 0.346. The van der Waals surface area contributed by atoms with Crippen LogP contribution in [0.1, 0.15) is 33.6 Å². The summed E-state index contributed by atoms with van der Waals surface area (Å²) in [6.45, 7) is 4.30. The Labute approximate surface area is 204 Å². The SMILES string of the molecule is COc1ccc(CCC(=O)N2CCN(C(=O)c3c(C)nn(Cc4ccccc4)c3Cl)CC2)cc1. The van der Waals surface area contributed by atoms with E-state index in [0.717, 1.165) is 16.9 Å². The molecule has 1 aromatic heterocycles. The molecular formula is C26H29ClN4O3. The third kappa shape index (κ3) is 5.42. The number of rotatable bonds is 7. The van der Waals surface area contributed by atoms with E-state index >= 15 is 0 Å². The monoisotopic (exact) mass is 480 g/mol. The molecule has 0 N–H and O–H groups in total. The molecule has 3 aromatic rings. The van der Waals surface area contributed by atoms with E-state index in [9.17, 15) is 9.59 Å². The maximum atomic E-state index is 13.2. The number of carbonyl (C=O) groups excluding carboxylic acids is 2. The van der Waals surface area contributed by atoms with Gasteiger partial charge in [0.2, 0.25) is 5.91 Å². The van der Waals surface area contributed by atoms with Crippen LogP contribution in [-0.2, 0) is 17.8 Å². The predicted molar refractivity (Wildman–Crippen MR) is 131 cm³/mol. The van der Waals surface area contributed by atoms with E-state index in [-0.39, 0.29) is 11.8 Å². The van der Waals surface area contributed by atoms with Gasteiger partial charge in [0.1, 0.15) is 10.9 Å². The molecule has 2 heterocycles. The molecule has 4 rings (SSSR count). The number of aryl methyl sites for hydroxylation is 2. The number of halogens is 1. The minimum Gasteiger partial charge on any atom is -0.497 e. The number of methoxy groups -OCH3 is 1. The number of nitrogens with zero attached hydrogens (tertiary/aromatic N) is 4. The number of ether oxygens (including phenoxy) is 1. The highest BCUT2D eigenvalue weighted by Crippen LogP contribution is 2.23. The fourth-order valence-electron chi connectivity index (χ4n) is 4.18. The highest BCUT2D eigenvalue weighted by Gasteiger charge is 2.29. The molecule has 178 valence electrons. The molecule has 2 amide bonds. The third-order valence-electron chi connectivity index (χ3n) is 6.16. The highest BCUT2D eigenvalue weighted by atomic mass is 35.5. The summed E-state index contributed by atoms with van der Waals surface area (Å²) in [5, 5.41) is 4.84. The van der Waals surface area contributed by atoms with Crippen LogP contribution in [0.2, 0.25) is 5.15 Å². The number of piperazine rings is 1. The van der Waals surface area contributed by atoms with Crippen LogP contribution in [0.3, 0.4) is 0 Å². The Morgan fingerprint density at radius 2 is 1.59 bits per heavy atom. The lowest BCUT2D eigenvalue weighted by molar-refractivity contribution is -0.132. The molecule has 8 heteroatoms. The van der Waals surface area contributed by atoms with Crippen molar-refractivity contribution in [1.82, 2.24) is 19.6 Å². The number of hydrogen-bond acceptors (Lipinski definition) is 4. The number of benzene rings is 2. The van der Waals surface area contributed by atoms with Gasteiger partial charge in [-0.3, -0.25) is 9.59 Å². The second-order valence-electron chi connectivity index (χ2n) is 8.42. The summed E-state index contributed by atoms with van der Waals surface area (Å²) in [6.07, 6.45) is 1.12. The van der Waals surface area contributed by atoms with Crippen LogP contribution < -0.4 is 4.74 Å². The van der Waals surface area contributed by atoms with Crippen LogP contribution >= 0.6 is 11.6 Å². The van der Waals surface area contributed by atoms with E-state index in [4.69, 9.17) is 16.3 Å². The van der Waals surface area contributed by atoms with Gasteiger partial charge in [-0.1, -0.05) is 54.1 Å². The zero-order valence-electron chi connectivity index (χ0n) is 19.5. The molecule has 0 bridgehead atoms. The van der Waals surface area contributed by atoms with E-state index in [2.05, 4.69) is 5.10 Å². The van der Waals surface area contributed by atoms with E-state index in [1.54, 1.807) is 23.6 Å². The average molecular weight is 481 g/mol. The Bertz CT molecular complexity index is 1140. The van der Waals surface area contributed by atoms with Crippen LogP contribution in [0, 0.1) is 6.92 Å². The molecule has 0 saturated carbocycles. The first-order valence-electron chi connectivity index (χ1n) is 11.4. The number of amides is 2. The summed E-state index contributed by atoms with van der Waals surface area (Å²) in [6, 6.07) is 17.6. The van der Waals surface area contributed by atoms with Crippen molar-refractivity contribution in [3.05, 3.63) is 82.1 Å². The third-order valence-corrected chi connectivity index (χ3v) is 6.54. The summed E-state index contributed by atoms with van der Waals surface area (Å²) >= 11 is 6.57. The number of carbonyl (C=O) groups is 2. The zero-order chi connectivity index (χ0) is 24.1. The quantitative estimate of drug-likeness (QED) is 0.515. The summed E-state index contributed by atoms with van der Waals surface area (Å²) in [5.41, 5.74) is 3.22. The minimum atomic E-state index is -0.132. The average Bonchev–Trinajstić information content (AvgIpc) is 3.15. The Hall–Kier alpha value is -3.32. The lowest BCUT2D eigenvalue weighted by Gasteiger charge is -2.35. The van der Waals surface area contributed by atoms with Crippen LogP contribution in [0.25, 0.3) is 0 Å². The molecule has 34 heavy (non-hydrogen) atoms. The smallest absolute Gasteiger partial charge is 0.259 e. The molecule has 0 aliphatic carbocycles. The van der Waals surface area contributed by atoms with Gasteiger partial charge in [-0.2, -0.15) is 5.10 Å². The first kappa shape index (κ1) is 23.8. The van der Waals surface area contributed by atoms with Crippen molar-refractivity contribution in [2.45, 2.75) is 26.3 Å². The first-order chi connectivity index (χ1) is 16.5. The molecule has 1 aliphatic heterocycles. The molecule has 0 radical (unpaired) electrons. The lowest BCUT2D eigenvalue weighted by atomic mass is 10.1. The van der Waals surface area contributed by atoms with E-state index in [1.165, 1.54) is 0 Å². The maximum Gasteiger partial charge on any atom is 0.259 e. The molecule has 0 unspecified atom stereocenters. The van der Waals surface area contributed by atoms with Crippen LogP contribution in [0.4, 0.5) is 0 Å². The highest BCUT2D eigenvalue weighted by molar-refractivity contribution is 6.33. The van der Waals surface area contributed by atoms with Gasteiger partial charge in [-0.25, -0.2) is 4.68 Å². The Kier molecular flexibility index (Phi) is 7.53. The van der Waals surface area contributed by atoms with Crippen molar-refractivity contribution in [3.63, 3.8) is 0 Å². The van der Waals surface area contributed by atoms with Gasteiger partial charge >= 0.3 is 0 Å². The molecule has 1 fully saturated rings. The van der Waals surface area contributed by atoms with Crippen molar-refractivity contribution in [2.24, 2.45) is 0 Å². The second kappa shape index (κ2) is 10.7. The van der Waals surface area contributed by atoms with Crippen LogP contribution in [0.5, 0.6) is 5.75 Å². The second-order valence-corrected chi connectivity index (χ2v) is 8.77. The van der Waals surface area contributed by atoms with Crippen molar-refractivity contribution < 1.29 is 14.3 Å². The molecule has 0 atom stereocenters. The van der Waals surface area contributed by atoms with Gasteiger partial charge in [-0.05, 0) is 36.6 Å². The maximum absolute atomic E-state index is 13.2. The van der Waals surface area contributed by atoms with Gasteiger partial charge in [0.15, 0.2) is 0 Å². The van der Waals surface area contributed by atoms with Crippen LogP contribution in [-0.4, -0.2) is 64.7 Å². The van der Waals surface area contributed by atoms with Crippen molar-refractivity contribution in [3.8, 4) is 5.75 Å². The Morgan fingerprint density at radius 1 is 0.941 bits per heavy atom. The first-order valence-corrected chi connectivity index (χ1v) is 11.8. The van der Waals surface area contributed by atoms with Gasteiger partial charge < -0.3 is 14.5 Å². The molecule has 1 saturated heterocycles.